The van der Waals surface area contributed by atoms with Crippen molar-refractivity contribution >= 4 is 17.5 Å². The Kier molecular flexibility index (Phi) is 5.47. The van der Waals surface area contributed by atoms with Crippen LogP contribution in [0.2, 0.25) is 0 Å². The van der Waals surface area contributed by atoms with Crippen LogP contribution in [-0.4, -0.2) is 16.5 Å². The summed E-state index contributed by atoms with van der Waals surface area (Å²) in [5, 5.41) is 9.57. The van der Waals surface area contributed by atoms with Crippen LogP contribution in [-0.2, 0) is 0 Å². The molecule has 0 aliphatic heterocycles. The van der Waals surface area contributed by atoms with E-state index in [9.17, 15) is 9.18 Å². The van der Waals surface area contributed by atoms with Gasteiger partial charge in [0.05, 0.1) is 16.7 Å². The van der Waals surface area contributed by atoms with Crippen LogP contribution in [0, 0.1) is 17.1 Å². The molecule has 0 bridgehead atoms. The number of aromatic nitrogens is 1. The molecule has 0 amide bonds. The van der Waals surface area contributed by atoms with Crippen molar-refractivity contribution < 1.29 is 9.18 Å². The number of nitrogens with zero attached hydrogens (tertiary/aromatic N) is 2. The third kappa shape index (κ3) is 4.69. The molecule has 21 heavy (non-hydrogen) atoms. The molecule has 0 unspecified atom stereocenters. The molecular formula is C16H13FN2OS. The molecule has 1 aromatic heterocycles. The zero-order chi connectivity index (χ0) is 15.1. The molecule has 5 heteroatoms. The van der Waals surface area contributed by atoms with Crippen LogP contribution in [0.5, 0.6) is 0 Å². The molecule has 0 N–H and O–H groups in total. The normalized spacial score (nSPS) is 10.1. The third-order valence-electron chi connectivity index (χ3n) is 2.83. The summed E-state index contributed by atoms with van der Waals surface area (Å²) in [6, 6.07) is 11.0. The molecule has 1 aromatic carbocycles. The first-order valence-corrected chi connectivity index (χ1v) is 7.45. The van der Waals surface area contributed by atoms with E-state index in [1.54, 1.807) is 18.3 Å². The molecule has 0 aliphatic carbocycles. The first-order chi connectivity index (χ1) is 10.2. The van der Waals surface area contributed by atoms with Gasteiger partial charge in [0.2, 0.25) is 0 Å². The lowest BCUT2D eigenvalue weighted by Crippen LogP contribution is -1.99. The van der Waals surface area contributed by atoms with Gasteiger partial charge in [0.15, 0.2) is 5.78 Å². The van der Waals surface area contributed by atoms with E-state index in [1.165, 1.54) is 36.0 Å². The van der Waals surface area contributed by atoms with Gasteiger partial charge in [-0.3, -0.25) is 4.79 Å². The number of hydrogen-bond acceptors (Lipinski definition) is 4. The predicted molar refractivity (Wildman–Crippen MR) is 79.6 cm³/mol. The Morgan fingerprint density at radius 1 is 1.29 bits per heavy atom. The number of nitriles is 1. The highest BCUT2D eigenvalue weighted by molar-refractivity contribution is 7.99. The van der Waals surface area contributed by atoms with Crippen molar-refractivity contribution in [2.24, 2.45) is 0 Å². The first kappa shape index (κ1) is 15.2. The number of Topliss-reactive ketones (excluding diaryl/α,β-unsaturated/α-hetero) is 1. The summed E-state index contributed by atoms with van der Waals surface area (Å²) in [5.41, 5.74) is 1.11. The maximum atomic E-state index is 12.8. The number of ketones is 1. The fourth-order valence-corrected chi connectivity index (χ4v) is 2.59. The second kappa shape index (κ2) is 7.55. The van der Waals surface area contributed by atoms with Gasteiger partial charge >= 0.3 is 0 Å². The van der Waals surface area contributed by atoms with E-state index in [1.807, 2.05) is 0 Å². The highest BCUT2D eigenvalue weighted by Crippen LogP contribution is 2.18. The van der Waals surface area contributed by atoms with Crippen molar-refractivity contribution in [3.63, 3.8) is 0 Å². The van der Waals surface area contributed by atoms with Gasteiger partial charge in [-0.2, -0.15) is 5.26 Å². The molecule has 106 valence electrons. The number of halogens is 1. The lowest BCUT2D eigenvalue weighted by Gasteiger charge is -2.02. The standard InChI is InChI=1S/C16H13FN2OS/c17-14-5-3-13(4-6-14)15(20)2-1-9-21-16-10-12(11-18)7-8-19-16/h3-8,10H,1-2,9H2. The van der Waals surface area contributed by atoms with E-state index < -0.39 is 0 Å². The molecule has 2 aromatic rings. The second-order valence-corrected chi connectivity index (χ2v) is 5.49. The Morgan fingerprint density at radius 3 is 2.76 bits per heavy atom. The molecule has 0 radical (unpaired) electrons. The van der Waals surface area contributed by atoms with Gasteiger partial charge in [0.25, 0.3) is 0 Å². The first-order valence-electron chi connectivity index (χ1n) is 6.47. The fourth-order valence-electron chi connectivity index (χ4n) is 1.75. The third-order valence-corrected chi connectivity index (χ3v) is 3.84. The lowest BCUT2D eigenvalue weighted by atomic mass is 10.1. The Hall–Kier alpha value is -2.19. The van der Waals surface area contributed by atoms with Crippen molar-refractivity contribution in [3.8, 4) is 6.07 Å². The van der Waals surface area contributed by atoms with Gasteiger partial charge in [0.1, 0.15) is 5.82 Å². The van der Waals surface area contributed by atoms with E-state index in [-0.39, 0.29) is 11.6 Å². The van der Waals surface area contributed by atoms with Crippen molar-refractivity contribution in [2.45, 2.75) is 17.9 Å². The number of benzene rings is 1. The lowest BCUT2D eigenvalue weighted by molar-refractivity contribution is 0.0982. The summed E-state index contributed by atoms with van der Waals surface area (Å²) in [4.78, 5) is 16.0. The number of thioether (sulfide) groups is 1. The minimum atomic E-state index is -0.342. The Labute approximate surface area is 126 Å². The average molecular weight is 300 g/mol. The quantitative estimate of drug-likeness (QED) is 0.462. The molecule has 0 atom stereocenters. The van der Waals surface area contributed by atoms with Crippen LogP contribution in [0.15, 0.2) is 47.6 Å². The fraction of sp³-hybridized carbons (Fsp3) is 0.188. The van der Waals surface area contributed by atoms with E-state index in [4.69, 9.17) is 5.26 Å². The van der Waals surface area contributed by atoms with Crippen LogP contribution in [0.4, 0.5) is 4.39 Å². The Bertz CT molecular complexity index is 665. The number of pyridine rings is 1. The van der Waals surface area contributed by atoms with E-state index in [0.29, 0.717) is 24.0 Å². The molecule has 0 fully saturated rings. The Balaban J connectivity index is 1.78. The molecule has 1 heterocycles. The van der Waals surface area contributed by atoms with E-state index >= 15 is 0 Å². The zero-order valence-corrected chi connectivity index (χ0v) is 12.1. The second-order valence-electron chi connectivity index (χ2n) is 4.38. The minimum Gasteiger partial charge on any atom is -0.294 e. The van der Waals surface area contributed by atoms with Crippen LogP contribution in [0.3, 0.4) is 0 Å². The number of carbonyl (C=O) groups is 1. The SMILES string of the molecule is N#Cc1ccnc(SCCCC(=O)c2ccc(F)cc2)c1. The van der Waals surface area contributed by atoms with Crippen molar-refractivity contribution in [2.75, 3.05) is 5.75 Å². The van der Waals surface area contributed by atoms with Gasteiger partial charge in [-0.05, 0) is 48.6 Å². The highest BCUT2D eigenvalue weighted by Gasteiger charge is 2.06. The largest absolute Gasteiger partial charge is 0.294 e. The average Bonchev–Trinajstić information content (AvgIpc) is 2.52. The van der Waals surface area contributed by atoms with Crippen molar-refractivity contribution in [1.29, 1.82) is 5.26 Å². The summed E-state index contributed by atoms with van der Waals surface area (Å²) in [6.07, 6.45) is 2.72. The zero-order valence-electron chi connectivity index (χ0n) is 11.3. The van der Waals surface area contributed by atoms with Crippen LogP contribution in [0.1, 0.15) is 28.8 Å². The number of hydrogen-bond donors (Lipinski definition) is 0. The molecule has 3 nitrogen and oxygen atoms in total. The van der Waals surface area contributed by atoms with Gasteiger partial charge < -0.3 is 0 Å². The predicted octanol–water partition coefficient (Wildman–Crippen LogP) is 3.85. The summed E-state index contributed by atoms with van der Waals surface area (Å²) >= 11 is 1.52. The maximum Gasteiger partial charge on any atom is 0.162 e. The number of rotatable bonds is 6. The van der Waals surface area contributed by atoms with E-state index in [2.05, 4.69) is 11.1 Å². The van der Waals surface area contributed by atoms with Crippen LogP contribution in [0.25, 0.3) is 0 Å². The van der Waals surface area contributed by atoms with Crippen LogP contribution >= 0.6 is 11.8 Å². The summed E-state index contributed by atoms with van der Waals surface area (Å²) < 4.78 is 12.8. The van der Waals surface area contributed by atoms with Gasteiger partial charge in [-0.1, -0.05) is 0 Å². The maximum absolute atomic E-state index is 12.8. The molecule has 0 saturated heterocycles. The summed E-state index contributed by atoms with van der Waals surface area (Å²) in [7, 11) is 0. The Morgan fingerprint density at radius 2 is 2.05 bits per heavy atom. The van der Waals surface area contributed by atoms with Gasteiger partial charge in [-0.25, -0.2) is 9.37 Å². The topological polar surface area (TPSA) is 53.8 Å². The minimum absolute atomic E-state index is 0.00864. The molecular weight excluding hydrogens is 287 g/mol. The summed E-state index contributed by atoms with van der Waals surface area (Å²) in [6.45, 7) is 0. The van der Waals surface area contributed by atoms with Crippen LogP contribution < -0.4 is 0 Å². The van der Waals surface area contributed by atoms with E-state index in [0.717, 1.165) is 10.8 Å². The molecule has 0 spiro atoms. The monoisotopic (exact) mass is 300 g/mol. The molecule has 0 saturated carbocycles. The highest BCUT2D eigenvalue weighted by atomic mass is 32.2. The molecule has 2 rings (SSSR count). The van der Waals surface area contributed by atoms with Crippen molar-refractivity contribution in [1.82, 2.24) is 4.98 Å². The van der Waals surface area contributed by atoms with Crippen molar-refractivity contribution in [3.05, 3.63) is 59.5 Å². The van der Waals surface area contributed by atoms with Gasteiger partial charge in [-0.15, -0.1) is 11.8 Å². The summed E-state index contributed by atoms with van der Waals surface area (Å²) in [5.74, 6) is 0.411. The van der Waals surface area contributed by atoms with Gasteiger partial charge in [0, 0.05) is 18.2 Å². The molecule has 0 aliphatic rings. The smallest absolute Gasteiger partial charge is 0.162 e. The number of carbonyl (C=O) groups excluding carboxylic acids is 1.